The van der Waals surface area contributed by atoms with Gasteiger partial charge >= 0.3 is 11.9 Å². The van der Waals surface area contributed by atoms with Crippen LogP contribution >= 0.6 is 11.3 Å². The molecule has 0 fully saturated rings. The SMILES string of the molecule is CC(C)(C)OC(=O)C(=NOC(C)(C)C(=O)OCc1ccc([N+](=O)[O-])cc1)c1csc(N)n1. The number of hydrogen-bond donors (Lipinski definition) is 1. The molecular formula is C20H24N4O7S. The third-order valence-electron chi connectivity index (χ3n) is 3.73. The summed E-state index contributed by atoms with van der Waals surface area (Å²) in [5.74, 6) is -1.56. The van der Waals surface area contributed by atoms with Crippen LogP contribution in [0.4, 0.5) is 10.8 Å². The number of rotatable bonds is 8. The van der Waals surface area contributed by atoms with Gasteiger partial charge in [-0.2, -0.15) is 0 Å². The number of thiazole rings is 1. The number of hydrogen-bond acceptors (Lipinski definition) is 11. The maximum absolute atomic E-state index is 12.6. The minimum Gasteiger partial charge on any atom is -0.458 e. The van der Waals surface area contributed by atoms with E-state index < -0.39 is 28.1 Å². The molecule has 0 spiro atoms. The lowest BCUT2D eigenvalue weighted by atomic mass is 10.1. The third-order valence-corrected chi connectivity index (χ3v) is 4.40. The van der Waals surface area contributed by atoms with E-state index in [1.54, 1.807) is 20.8 Å². The molecule has 0 amide bonds. The molecule has 172 valence electrons. The summed E-state index contributed by atoms with van der Waals surface area (Å²) in [7, 11) is 0. The molecule has 0 saturated carbocycles. The molecule has 0 aliphatic carbocycles. The molecule has 0 unspecified atom stereocenters. The van der Waals surface area contributed by atoms with Crippen LogP contribution in [0.25, 0.3) is 0 Å². The summed E-state index contributed by atoms with van der Waals surface area (Å²) in [4.78, 5) is 44.6. The number of carbonyl (C=O) groups is 2. The summed E-state index contributed by atoms with van der Waals surface area (Å²) >= 11 is 1.10. The van der Waals surface area contributed by atoms with E-state index in [9.17, 15) is 19.7 Å². The van der Waals surface area contributed by atoms with Gasteiger partial charge in [-0.3, -0.25) is 10.1 Å². The molecule has 12 heteroatoms. The van der Waals surface area contributed by atoms with Gasteiger partial charge in [0.15, 0.2) is 5.13 Å². The molecule has 0 radical (unpaired) electrons. The van der Waals surface area contributed by atoms with Crippen LogP contribution in [0.5, 0.6) is 0 Å². The molecule has 0 atom stereocenters. The Labute approximate surface area is 188 Å². The average Bonchev–Trinajstić information content (AvgIpc) is 3.10. The second-order valence-electron chi connectivity index (χ2n) is 8.11. The van der Waals surface area contributed by atoms with E-state index in [0.717, 1.165) is 11.3 Å². The van der Waals surface area contributed by atoms with E-state index >= 15 is 0 Å². The Morgan fingerprint density at radius 3 is 2.31 bits per heavy atom. The van der Waals surface area contributed by atoms with E-state index in [1.165, 1.54) is 43.5 Å². The van der Waals surface area contributed by atoms with Crippen LogP contribution < -0.4 is 5.73 Å². The molecule has 0 aliphatic heterocycles. The lowest BCUT2D eigenvalue weighted by Crippen LogP contribution is -2.36. The highest BCUT2D eigenvalue weighted by Gasteiger charge is 2.34. The summed E-state index contributed by atoms with van der Waals surface area (Å²) < 4.78 is 10.6. The van der Waals surface area contributed by atoms with Crippen LogP contribution in [0.15, 0.2) is 34.8 Å². The van der Waals surface area contributed by atoms with E-state index in [2.05, 4.69) is 10.1 Å². The Hall–Kier alpha value is -3.54. The molecule has 0 aliphatic rings. The van der Waals surface area contributed by atoms with Gasteiger partial charge in [0.2, 0.25) is 11.3 Å². The van der Waals surface area contributed by atoms with Crippen molar-refractivity contribution >= 4 is 39.8 Å². The summed E-state index contributed by atoms with van der Waals surface area (Å²) in [5.41, 5.74) is 3.67. The van der Waals surface area contributed by atoms with E-state index in [-0.39, 0.29) is 28.8 Å². The first-order chi connectivity index (χ1) is 14.8. The monoisotopic (exact) mass is 464 g/mol. The predicted octanol–water partition coefficient (Wildman–Crippen LogP) is 3.22. The van der Waals surface area contributed by atoms with Crippen molar-refractivity contribution in [1.29, 1.82) is 0 Å². The number of nitrogens with two attached hydrogens (primary N) is 1. The summed E-state index contributed by atoms with van der Waals surface area (Å²) in [6.45, 7) is 7.78. The summed E-state index contributed by atoms with van der Waals surface area (Å²) in [6, 6.07) is 5.57. The maximum Gasteiger partial charge on any atom is 0.363 e. The van der Waals surface area contributed by atoms with Crippen molar-refractivity contribution in [3.63, 3.8) is 0 Å². The minimum absolute atomic E-state index is 0.0737. The lowest BCUT2D eigenvalue weighted by molar-refractivity contribution is -0.384. The van der Waals surface area contributed by atoms with Crippen LogP contribution in [0.3, 0.4) is 0 Å². The number of oxime groups is 1. The molecule has 1 aromatic heterocycles. The van der Waals surface area contributed by atoms with Crippen molar-refractivity contribution in [3.05, 3.63) is 51.0 Å². The Kier molecular flexibility index (Phi) is 7.52. The van der Waals surface area contributed by atoms with Crippen LogP contribution in [0.1, 0.15) is 45.9 Å². The third kappa shape index (κ3) is 7.01. The molecule has 2 aromatic rings. The highest BCUT2D eigenvalue weighted by atomic mass is 32.1. The first-order valence-corrected chi connectivity index (χ1v) is 10.3. The van der Waals surface area contributed by atoms with Crippen molar-refractivity contribution < 1.29 is 28.8 Å². The van der Waals surface area contributed by atoms with Gasteiger partial charge in [-0.1, -0.05) is 5.16 Å². The number of carbonyl (C=O) groups excluding carboxylic acids is 2. The van der Waals surface area contributed by atoms with E-state index in [0.29, 0.717) is 5.56 Å². The number of non-ortho nitro benzene ring substituents is 1. The second-order valence-corrected chi connectivity index (χ2v) is 9.00. The Morgan fingerprint density at radius 2 is 1.81 bits per heavy atom. The fourth-order valence-corrected chi connectivity index (χ4v) is 2.69. The minimum atomic E-state index is -1.56. The zero-order chi connectivity index (χ0) is 24.1. The fraction of sp³-hybridized carbons (Fsp3) is 0.400. The summed E-state index contributed by atoms with van der Waals surface area (Å²) in [6.07, 6.45) is 0. The quantitative estimate of drug-likeness (QED) is 0.268. The molecule has 2 N–H and O–H groups in total. The fourth-order valence-electron chi connectivity index (χ4n) is 2.14. The van der Waals surface area contributed by atoms with Gasteiger partial charge in [0.05, 0.1) is 4.92 Å². The van der Waals surface area contributed by atoms with Crippen molar-refractivity contribution in [1.82, 2.24) is 4.98 Å². The van der Waals surface area contributed by atoms with E-state index in [1.807, 2.05) is 0 Å². The number of nitrogen functional groups attached to an aromatic ring is 1. The molecule has 1 heterocycles. The molecule has 2 rings (SSSR count). The molecule has 0 bridgehead atoms. The average molecular weight is 465 g/mol. The van der Waals surface area contributed by atoms with Gasteiger partial charge in [-0.25, -0.2) is 14.6 Å². The van der Waals surface area contributed by atoms with Crippen molar-refractivity contribution in [3.8, 4) is 0 Å². The van der Waals surface area contributed by atoms with Crippen molar-refractivity contribution in [2.45, 2.75) is 52.4 Å². The number of esters is 2. The van der Waals surface area contributed by atoms with Gasteiger partial charge in [0.1, 0.15) is 17.9 Å². The van der Waals surface area contributed by atoms with Crippen LogP contribution in [0.2, 0.25) is 0 Å². The Morgan fingerprint density at radius 1 is 1.19 bits per heavy atom. The highest BCUT2D eigenvalue weighted by Crippen LogP contribution is 2.19. The van der Waals surface area contributed by atoms with Gasteiger partial charge in [0.25, 0.3) is 5.69 Å². The normalized spacial score (nSPS) is 12.2. The number of benzene rings is 1. The van der Waals surface area contributed by atoms with Gasteiger partial charge in [0, 0.05) is 17.5 Å². The van der Waals surface area contributed by atoms with Gasteiger partial charge < -0.3 is 20.0 Å². The Bertz CT molecular complexity index is 1020. The van der Waals surface area contributed by atoms with Gasteiger partial charge in [-0.15, -0.1) is 11.3 Å². The van der Waals surface area contributed by atoms with Crippen LogP contribution in [-0.4, -0.2) is 38.8 Å². The number of ether oxygens (including phenoxy) is 2. The Balaban J connectivity index is 2.12. The first kappa shape index (κ1) is 24.7. The molecule has 1 aromatic carbocycles. The number of nitro benzene ring substituents is 1. The largest absolute Gasteiger partial charge is 0.458 e. The smallest absolute Gasteiger partial charge is 0.363 e. The maximum atomic E-state index is 12.6. The van der Waals surface area contributed by atoms with E-state index in [4.69, 9.17) is 20.0 Å². The number of anilines is 1. The van der Waals surface area contributed by atoms with Crippen LogP contribution in [0, 0.1) is 10.1 Å². The zero-order valence-corrected chi connectivity index (χ0v) is 19.1. The number of nitrogens with zero attached hydrogens (tertiary/aromatic N) is 3. The molecule has 11 nitrogen and oxygen atoms in total. The molecule has 32 heavy (non-hydrogen) atoms. The predicted molar refractivity (Wildman–Crippen MR) is 117 cm³/mol. The standard InChI is InChI=1S/C20H24N4O7S/c1-19(2,3)30-16(25)15(14-11-32-18(21)22-14)23-31-20(4,5)17(26)29-10-12-6-8-13(9-7-12)24(27)28/h6-9,11H,10H2,1-5H3,(H2,21,22). The zero-order valence-electron chi connectivity index (χ0n) is 18.3. The van der Waals surface area contributed by atoms with Crippen LogP contribution in [-0.2, 0) is 30.5 Å². The lowest BCUT2D eigenvalue weighted by Gasteiger charge is -2.22. The highest BCUT2D eigenvalue weighted by molar-refractivity contribution is 7.13. The van der Waals surface area contributed by atoms with Crippen molar-refractivity contribution in [2.24, 2.45) is 5.16 Å². The molecule has 0 saturated heterocycles. The number of aromatic nitrogens is 1. The topological polar surface area (TPSA) is 156 Å². The molecular weight excluding hydrogens is 440 g/mol. The summed E-state index contributed by atoms with van der Waals surface area (Å²) in [5, 5.41) is 16.3. The second kappa shape index (κ2) is 9.73. The van der Waals surface area contributed by atoms with Crippen molar-refractivity contribution in [2.75, 3.05) is 5.73 Å². The first-order valence-electron chi connectivity index (χ1n) is 9.40. The van der Waals surface area contributed by atoms with Gasteiger partial charge in [-0.05, 0) is 52.3 Å². The number of nitro groups is 1.